The summed E-state index contributed by atoms with van der Waals surface area (Å²) >= 11 is 0. The average Bonchev–Trinajstić information content (AvgIpc) is 2.82. The number of sulfonamides is 2. The first-order chi connectivity index (χ1) is 16.6. The van der Waals surface area contributed by atoms with Crippen LogP contribution in [-0.4, -0.2) is 78.5 Å². The molecule has 2 aromatic carbocycles. The van der Waals surface area contributed by atoms with E-state index in [2.05, 4.69) is 9.62 Å². The van der Waals surface area contributed by atoms with E-state index in [1.165, 1.54) is 10.4 Å². The number of hydrogen-bond donors (Lipinski definition) is 1. The highest BCUT2D eigenvalue weighted by Gasteiger charge is 2.29. The molecular weight excluding hydrogens is 490 g/mol. The Labute approximate surface area is 209 Å². The molecule has 0 unspecified atom stereocenters. The van der Waals surface area contributed by atoms with Gasteiger partial charge < -0.3 is 9.47 Å². The number of ether oxygens (including phenoxy) is 2. The minimum atomic E-state index is -3.65. The molecule has 3 rings (SSSR count). The zero-order valence-corrected chi connectivity index (χ0v) is 22.4. The quantitative estimate of drug-likeness (QED) is 0.480. The molecule has 1 aliphatic rings. The standard InChI is InChI=1S/C24H35N3O6S2/c1-5-32-23-9-7-21(17-19(23)3)34(28,29)25-11-12-26-13-15-27(16-14-26)35(30,31)22-8-10-24(33-6-2)20(4)18-22/h7-10,17-18,25H,5-6,11-16H2,1-4H3. The molecule has 0 bridgehead atoms. The van der Waals surface area contributed by atoms with E-state index >= 15 is 0 Å². The monoisotopic (exact) mass is 525 g/mol. The van der Waals surface area contributed by atoms with Crippen LogP contribution < -0.4 is 14.2 Å². The van der Waals surface area contributed by atoms with Crippen molar-refractivity contribution < 1.29 is 26.3 Å². The van der Waals surface area contributed by atoms with Crippen LogP contribution in [0.15, 0.2) is 46.2 Å². The third-order valence-corrected chi connectivity index (χ3v) is 9.25. The number of rotatable bonds is 11. The van der Waals surface area contributed by atoms with Crippen LogP contribution in [0.3, 0.4) is 0 Å². The predicted molar refractivity (Wildman–Crippen MR) is 135 cm³/mol. The van der Waals surface area contributed by atoms with Gasteiger partial charge >= 0.3 is 0 Å². The molecule has 0 aromatic heterocycles. The molecule has 0 amide bonds. The third-order valence-electron chi connectivity index (χ3n) is 5.89. The first-order valence-electron chi connectivity index (χ1n) is 11.8. The predicted octanol–water partition coefficient (Wildman–Crippen LogP) is 2.39. The Kier molecular flexibility index (Phi) is 9.16. The lowest BCUT2D eigenvalue weighted by Crippen LogP contribution is -2.50. The summed E-state index contributed by atoms with van der Waals surface area (Å²) in [5.74, 6) is 1.35. The van der Waals surface area contributed by atoms with Gasteiger partial charge in [-0.1, -0.05) is 0 Å². The van der Waals surface area contributed by atoms with E-state index in [0.717, 1.165) is 11.1 Å². The Balaban J connectivity index is 1.52. The number of aryl methyl sites for hydroxylation is 2. The molecule has 0 atom stereocenters. The topological polar surface area (TPSA) is 105 Å². The summed E-state index contributed by atoms with van der Waals surface area (Å²) < 4.78 is 66.6. The number of nitrogens with zero attached hydrogens (tertiary/aromatic N) is 2. The molecule has 1 fully saturated rings. The smallest absolute Gasteiger partial charge is 0.243 e. The average molecular weight is 526 g/mol. The zero-order chi connectivity index (χ0) is 25.6. The molecule has 194 valence electrons. The summed E-state index contributed by atoms with van der Waals surface area (Å²) in [4.78, 5) is 2.51. The van der Waals surface area contributed by atoms with Gasteiger partial charge in [-0.05, 0) is 75.2 Å². The van der Waals surface area contributed by atoms with Crippen LogP contribution in [-0.2, 0) is 20.0 Å². The Bertz CT molecular complexity index is 1220. The number of hydrogen-bond acceptors (Lipinski definition) is 7. The van der Waals surface area contributed by atoms with Gasteiger partial charge in [0.15, 0.2) is 0 Å². The highest BCUT2D eigenvalue weighted by atomic mass is 32.2. The molecule has 9 nitrogen and oxygen atoms in total. The fourth-order valence-corrected chi connectivity index (χ4v) is 6.58. The van der Waals surface area contributed by atoms with Crippen molar-refractivity contribution in [3.63, 3.8) is 0 Å². The molecule has 1 N–H and O–H groups in total. The number of benzene rings is 2. The number of nitrogens with one attached hydrogen (secondary N) is 1. The van der Waals surface area contributed by atoms with E-state index in [-0.39, 0.29) is 16.3 Å². The molecule has 1 heterocycles. The van der Waals surface area contributed by atoms with Crippen molar-refractivity contribution in [3.05, 3.63) is 47.5 Å². The molecule has 0 aliphatic carbocycles. The van der Waals surface area contributed by atoms with Gasteiger partial charge in [0, 0.05) is 39.3 Å². The fourth-order valence-electron chi connectivity index (χ4n) is 3.97. The van der Waals surface area contributed by atoms with Crippen molar-refractivity contribution in [2.45, 2.75) is 37.5 Å². The van der Waals surface area contributed by atoms with Gasteiger partial charge in [0.05, 0.1) is 23.0 Å². The lowest BCUT2D eigenvalue weighted by atomic mass is 10.2. The summed E-state index contributed by atoms with van der Waals surface area (Å²) in [5.41, 5.74) is 1.54. The van der Waals surface area contributed by atoms with Crippen LogP contribution in [0.25, 0.3) is 0 Å². The van der Waals surface area contributed by atoms with E-state index in [0.29, 0.717) is 57.4 Å². The highest BCUT2D eigenvalue weighted by molar-refractivity contribution is 7.89. The van der Waals surface area contributed by atoms with Gasteiger partial charge in [-0.25, -0.2) is 21.6 Å². The maximum absolute atomic E-state index is 13.1. The SMILES string of the molecule is CCOc1ccc(S(=O)(=O)NCCN2CCN(S(=O)(=O)c3ccc(OCC)c(C)c3)CC2)cc1C. The summed E-state index contributed by atoms with van der Waals surface area (Å²) in [5, 5.41) is 0. The van der Waals surface area contributed by atoms with Crippen molar-refractivity contribution >= 4 is 20.0 Å². The normalized spacial score (nSPS) is 15.8. The maximum atomic E-state index is 13.1. The summed E-state index contributed by atoms with van der Waals surface area (Å²) in [6, 6.07) is 9.71. The molecule has 1 saturated heterocycles. The second-order valence-corrected chi connectivity index (χ2v) is 12.1. The van der Waals surface area contributed by atoms with Gasteiger partial charge in [-0.15, -0.1) is 0 Å². The van der Waals surface area contributed by atoms with Gasteiger partial charge in [-0.2, -0.15) is 4.31 Å². The Morgan fingerprint density at radius 3 is 1.83 bits per heavy atom. The minimum Gasteiger partial charge on any atom is -0.494 e. The molecule has 0 radical (unpaired) electrons. The van der Waals surface area contributed by atoms with E-state index in [1.54, 1.807) is 30.3 Å². The van der Waals surface area contributed by atoms with Crippen molar-refractivity contribution in [2.75, 3.05) is 52.5 Å². The molecule has 35 heavy (non-hydrogen) atoms. The lowest BCUT2D eigenvalue weighted by Gasteiger charge is -2.34. The van der Waals surface area contributed by atoms with Crippen LogP contribution in [0.1, 0.15) is 25.0 Å². The zero-order valence-electron chi connectivity index (χ0n) is 20.8. The Morgan fingerprint density at radius 1 is 0.800 bits per heavy atom. The maximum Gasteiger partial charge on any atom is 0.243 e. The second kappa shape index (κ2) is 11.7. The Hall–Kier alpha value is -2.18. The van der Waals surface area contributed by atoms with E-state index in [1.807, 2.05) is 27.7 Å². The van der Waals surface area contributed by atoms with E-state index in [4.69, 9.17) is 9.47 Å². The molecule has 2 aromatic rings. The Morgan fingerprint density at radius 2 is 1.31 bits per heavy atom. The molecule has 0 spiro atoms. The van der Waals surface area contributed by atoms with Crippen LogP contribution in [0.5, 0.6) is 11.5 Å². The molecule has 0 saturated carbocycles. The van der Waals surface area contributed by atoms with Gasteiger partial charge in [-0.3, -0.25) is 4.90 Å². The van der Waals surface area contributed by atoms with Crippen LogP contribution in [0.2, 0.25) is 0 Å². The highest BCUT2D eigenvalue weighted by Crippen LogP contribution is 2.25. The van der Waals surface area contributed by atoms with Gasteiger partial charge in [0.25, 0.3) is 0 Å². The van der Waals surface area contributed by atoms with E-state index < -0.39 is 20.0 Å². The first kappa shape index (κ1) is 27.4. The minimum absolute atomic E-state index is 0.194. The van der Waals surface area contributed by atoms with Crippen molar-refractivity contribution in [1.29, 1.82) is 0 Å². The van der Waals surface area contributed by atoms with Gasteiger partial charge in [0.2, 0.25) is 20.0 Å². The fraction of sp³-hybridized carbons (Fsp3) is 0.500. The first-order valence-corrected chi connectivity index (χ1v) is 14.7. The third kappa shape index (κ3) is 6.73. The number of piperazine rings is 1. The van der Waals surface area contributed by atoms with Crippen molar-refractivity contribution in [1.82, 2.24) is 13.9 Å². The van der Waals surface area contributed by atoms with E-state index in [9.17, 15) is 16.8 Å². The summed E-state index contributed by atoms with van der Waals surface area (Å²) in [7, 11) is -7.25. The van der Waals surface area contributed by atoms with Crippen LogP contribution >= 0.6 is 0 Å². The summed E-state index contributed by atoms with van der Waals surface area (Å²) in [6.45, 7) is 10.9. The second-order valence-electron chi connectivity index (χ2n) is 8.36. The molecular formula is C24H35N3O6S2. The van der Waals surface area contributed by atoms with Crippen LogP contribution in [0, 0.1) is 13.8 Å². The molecule has 1 aliphatic heterocycles. The lowest BCUT2D eigenvalue weighted by molar-refractivity contribution is 0.191. The van der Waals surface area contributed by atoms with Crippen molar-refractivity contribution in [2.24, 2.45) is 0 Å². The summed E-state index contributed by atoms with van der Waals surface area (Å²) in [6.07, 6.45) is 0. The largest absolute Gasteiger partial charge is 0.494 e. The van der Waals surface area contributed by atoms with Crippen LogP contribution in [0.4, 0.5) is 0 Å². The molecule has 11 heteroatoms. The van der Waals surface area contributed by atoms with Crippen molar-refractivity contribution in [3.8, 4) is 11.5 Å². The van der Waals surface area contributed by atoms with Gasteiger partial charge in [0.1, 0.15) is 11.5 Å².